The zero-order chi connectivity index (χ0) is 17.9. The first-order valence-electron chi connectivity index (χ1n) is 9.09. The van der Waals surface area contributed by atoms with Crippen molar-refractivity contribution >= 4 is 39.7 Å². The molecule has 7 heteroatoms. The maximum Gasteiger partial charge on any atom is 0.230 e. The monoisotopic (exact) mass is 370 g/mol. The highest BCUT2D eigenvalue weighted by Crippen LogP contribution is 2.29. The number of carbonyl (C=O) groups is 2. The maximum absolute atomic E-state index is 12.5. The average Bonchev–Trinajstić information content (AvgIpc) is 3.37. The standard InChI is InChI=1S/C19H22N4O2S/c24-17(12-14-13-26-19(20-14)23-11-5-8-18(23)25)21-15-6-1-2-7-16(15)22-9-3-4-10-22/h1-2,6-7,13H,3-5,8-12H2,(H,21,24). The van der Waals surface area contributed by atoms with Gasteiger partial charge in [0.05, 0.1) is 23.5 Å². The first-order valence-corrected chi connectivity index (χ1v) is 9.97. The zero-order valence-electron chi connectivity index (χ0n) is 14.6. The number of anilines is 3. The van der Waals surface area contributed by atoms with Gasteiger partial charge in [-0.3, -0.25) is 14.5 Å². The van der Waals surface area contributed by atoms with Crippen LogP contribution in [-0.4, -0.2) is 36.4 Å². The number of rotatable bonds is 5. The van der Waals surface area contributed by atoms with E-state index in [9.17, 15) is 9.59 Å². The van der Waals surface area contributed by atoms with Crippen molar-refractivity contribution in [3.05, 3.63) is 35.3 Å². The van der Waals surface area contributed by atoms with Crippen molar-refractivity contribution in [2.45, 2.75) is 32.1 Å². The van der Waals surface area contributed by atoms with Crippen LogP contribution in [-0.2, 0) is 16.0 Å². The molecule has 0 unspecified atom stereocenters. The quantitative estimate of drug-likeness (QED) is 0.879. The Morgan fingerprint density at radius 2 is 1.96 bits per heavy atom. The number of nitrogens with one attached hydrogen (secondary N) is 1. The second-order valence-corrected chi connectivity index (χ2v) is 7.54. The minimum atomic E-state index is -0.0822. The predicted molar refractivity (Wildman–Crippen MR) is 104 cm³/mol. The van der Waals surface area contributed by atoms with E-state index < -0.39 is 0 Å². The molecule has 2 aliphatic rings. The molecular formula is C19H22N4O2S. The largest absolute Gasteiger partial charge is 0.370 e. The highest BCUT2D eigenvalue weighted by atomic mass is 32.1. The Labute approximate surface area is 156 Å². The van der Waals surface area contributed by atoms with Crippen LogP contribution >= 0.6 is 11.3 Å². The summed E-state index contributed by atoms with van der Waals surface area (Å²) in [5.74, 6) is 0.0381. The summed E-state index contributed by atoms with van der Waals surface area (Å²) in [5.41, 5.74) is 2.64. The Kier molecular flexibility index (Phi) is 4.88. The van der Waals surface area contributed by atoms with Gasteiger partial charge in [0.2, 0.25) is 11.8 Å². The third-order valence-electron chi connectivity index (χ3n) is 4.81. The van der Waals surface area contributed by atoms with E-state index in [1.165, 1.54) is 24.2 Å². The lowest BCUT2D eigenvalue weighted by Gasteiger charge is -2.21. The van der Waals surface area contributed by atoms with E-state index >= 15 is 0 Å². The summed E-state index contributed by atoms with van der Waals surface area (Å²) in [6, 6.07) is 7.94. The number of aromatic nitrogens is 1. The number of amides is 2. The molecular weight excluding hydrogens is 348 g/mol. The molecule has 1 aromatic carbocycles. The van der Waals surface area contributed by atoms with Crippen molar-refractivity contribution in [3.63, 3.8) is 0 Å². The molecule has 0 radical (unpaired) electrons. The Bertz CT molecular complexity index is 813. The van der Waals surface area contributed by atoms with Crippen molar-refractivity contribution in [3.8, 4) is 0 Å². The van der Waals surface area contributed by atoms with E-state index in [-0.39, 0.29) is 18.2 Å². The van der Waals surface area contributed by atoms with E-state index in [1.807, 2.05) is 23.6 Å². The molecule has 2 amide bonds. The van der Waals surface area contributed by atoms with Crippen LogP contribution in [0.2, 0.25) is 0 Å². The lowest BCUT2D eigenvalue weighted by Crippen LogP contribution is -2.23. The smallest absolute Gasteiger partial charge is 0.230 e. The fraction of sp³-hybridized carbons (Fsp3) is 0.421. The van der Waals surface area contributed by atoms with E-state index in [1.54, 1.807) is 4.90 Å². The molecule has 0 aliphatic carbocycles. The molecule has 4 rings (SSSR count). The van der Waals surface area contributed by atoms with Crippen molar-refractivity contribution in [1.29, 1.82) is 0 Å². The van der Waals surface area contributed by atoms with E-state index in [4.69, 9.17) is 0 Å². The molecule has 2 fully saturated rings. The highest BCUT2D eigenvalue weighted by Gasteiger charge is 2.24. The SMILES string of the molecule is O=C(Cc1csc(N2CCCC2=O)n1)Nc1ccccc1N1CCCC1. The summed E-state index contributed by atoms with van der Waals surface area (Å²) < 4.78 is 0. The van der Waals surface area contributed by atoms with Crippen LogP contribution in [0.4, 0.5) is 16.5 Å². The van der Waals surface area contributed by atoms with Gasteiger partial charge in [0, 0.05) is 31.4 Å². The molecule has 0 bridgehead atoms. The van der Waals surface area contributed by atoms with Gasteiger partial charge in [0.1, 0.15) is 0 Å². The van der Waals surface area contributed by atoms with Crippen LogP contribution in [0.15, 0.2) is 29.6 Å². The number of hydrogen-bond acceptors (Lipinski definition) is 5. The molecule has 6 nitrogen and oxygen atoms in total. The Morgan fingerprint density at radius 1 is 1.15 bits per heavy atom. The van der Waals surface area contributed by atoms with Gasteiger partial charge in [0.25, 0.3) is 0 Å². The van der Waals surface area contributed by atoms with Gasteiger partial charge in [-0.2, -0.15) is 0 Å². The van der Waals surface area contributed by atoms with Gasteiger partial charge >= 0.3 is 0 Å². The summed E-state index contributed by atoms with van der Waals surface area (Å²) in [6.45, 7) is 2.79. The van der Waals surface area contributed by atoms with Crippen molar-refractivity contribution in [1.82, 2.24) is 4.98 Å². The minimum Gasteiger partial charge on any atom is -0.370 e. The number of carbonyl (C=O) groups excluding carboxylic acids is 2. The van der Waals surface area contributed by atoms with E-state index in [2.05, 4.69) is 21.3 Å². The molecule has 0 atom stereocenters. The second kappa shape index (κ2) is 7.45. The van der Waals surface area contributed by atoms with Crippen LogP contribution < -0.4 is 15.1 Å². The Morgan fingerprint density at radius 3 is 2.73 bits per heavy atom. The van der Waals surface area contributed by atoms with Crippen LogP contribution in [0.5, 0.6) is 0 Å². The summed E-state index contributed by atoms with van der Waals surface area (Å²) >= 11 is 1.43. The molecule has 0 spiro atoms. The lowest BCUT2D eigenvalue weighted by molar-refractivity contribution is -0.117. The third-order valence-corrected chi connectivity index (χ3v) is 5.72. The minimum absolute atomic E-state index is 0.0822. The molecule has 2 aromatic rings. The summed E-state index contributed by atoms with van der Waals surface area (Å²) in [4.78, 5) is 32.8. The first-order chi connectivity index (χ1) is 12.7. The van der Waals surface area contributed by atoms with Gasteiger partial charge in [-0.25, -0.2) is 4.98 Å². The number of para-hydroxylation sites is 2. The molecule has 136 valence electrons. The lowest BCUT2D eigenvalue weighted by atomic mass is 10.2. The van der Waals surface area contributed by atoms with Gasteiger partial charge < -0.3 is 10.2 Å². The van der Waals surface area contributed by atoms with Gasteiger partial charge in [-0.15, -0.1) is 11.3 Å². The van der Waals surface area contributed by atoms with Gasteiger partial charge in [-0.1, -0.05) is 12.1 Å². The van der Waals surface area contributed by atoms with Gasteiger partial charge in [-0.05, 0) is 31.4 Å². The Balaban J connectivity index is 1.42. The molecule has 1 N–H and O–H groups in total. The third kappa shape index (κ3) is 3.58. The zero-order valence-corrected chi connectivity index (χ0v) is 15.4. The van der Waals surface area contributed by atoms with Crippen molar-refractivity contribution in [2.75, 3.05) is 34.8 Å². The average molecular weight is 370 g/mol. The topological polar surface area (TPSA) is 65.5 Å². The molecule has 1 aromatic heterocycles. The molecule has 0 saturated carbocycles. The van der Waals surface area contributed by atoms with Crippen LogP contribution in [0.3, 0.4) is 0 Å². The second-order valence-electron chi connectivity index (χ2n) is 6.71. The Hall–Kier alpha value is -2.41. The molecule has 26 heavy (non-hydrogen) atoms. The van der Waals surface area contributed by atoms with E-state index in [0.29, 0.717) is 17.2 Å². The highest BCUT2D eigenvalue weighted by molar-refractivity contribution is 7.14. The van der Waals surface area contributed by atoms with Crippen LogP contribution in [0, 0.1) is 0 Å². The predicted octanol–water partition coefficient (Wildman–Crippen LogP) is 3.05. The van der Waals surface area contributed by atoms with Gasteiger partial charge in [0.15, 0.2) is 5.13 Å². The molecule has 2 saturated heterocycles. The van der Waals surface area contributed by atoms with Crippen LogP contribution in [0.25, 0.3) is 0 Å². The number of hydrogen-bond donors (Lipinski definition) is 1. The number of thiazole rings is 1. The summed E-state index contributed by atoms with van der Waals surface area (Å²) in [6.07, 6.45) is 4.06. The first kappa shape index (κ1) is 17.0. The van der Waals surface area contributed by atoms with Crippen molar-refractivity contribution in [2.24, 2.45) is 0 Å². The van der Waals surface area contributed by atoms with Crippen LogP contribution in [0.1, 0.15) is 31.4 Å². The van der Waals surface area contributed by atoms with E-state index in [0.717, 1.165) is 37.4 Å². The number of benzene rings is 1. The molecule has 2 aliphatic heterocycles. The normalized spacial score (nSPS) is 17.2. The fourth-order valence-corrected chi connectivity index (χ4v) is 4.39. The van der Waals surface area contributed by atoms with Crippen molar-refractivity contribution < 1.29 is 9.59 Å². The fourth-order valence-electron chi connectivity index (χ4n) is 3.52. The summed E-state index contributed by atoms with van der Waals surface area (Å²) in [5, 5.41) is 5.60. The number of nitrogens with zero attached hydrogens (tertiary/aromatic N) is 3. The summed E-state index contributed by atoms with van der Waals surface area (Å²) in [7, 11) is 0. The maximum atomic E-state index is 12.5. The molecule has 3 heterocycles.